The van der Waals surface area contributed by atoms with Crippen LogP contribution >= 0.6 is 23.2 Å². The van der Waals surface area contributed by atoms with Crippen molar-refractivity contribution in [3.63, 3.8) is 0 Å². The maximum absolute atomic E-state index is 13.8. The second-order valence-corrected chi connectivity index (χ2v) is 10.3. The van der Waals surface area contributed by atoms with Crippen LogP contribution in [-0.4, -0.2) is 48.7 Å². The predicted octanol–water partition coefficient (Wildman–Crippen LogP) is 4.57. The average Bonchev–Trinajstić information content (AvgIpc) is 2.87. The number of hydrogen-bond donors (Lipinski definition) is 1. The first kappa shape index (κ1) is 27.4. The molecule has 36 heavy (non-hydrogen) atoms. The highest BCUT2D eigenvalue weighted by Gasteiger charge is 2.30. The molecule has 3 aromatic carbocycles. The number of methoxy groups -OCH3 is 3. The summed E-state index contributed by atoms with van der Waals surface area (Å²) in [7, 11) is -0.000643. The Hall–Kier alpha value is -3.14. The van der Waals surface area contributed by atoms with Gasteiger partial charge in [0.15, 0.2) is 11.5 Å². The molecule has 0 unspecified atom stereocenters. The summed E-state index contributed by atoms with van der Waals surface area (Å²) < 4.78 is 44.4. The van der Waals surface area contributed by atoms with Gasteiger partial charge in [0.1, 0.15) is 12.3 Å². The number of hydrogen-bond acceptors (Lipinski definition) is 6. The lowest BCUT2D eigenvalue weighted by Crippen LogP contribution is -2.41. The second-order valence-electron chi connectivity index (χ2n) is 7.57. The molecule has 0 atom stereocenters. The van der Waals surface area contributed by atoms with Gasteiger partial charge in [0.05, 0.1) is 31.9 Å². The number of ether oxygens (including phenoxy) is 3. The molecule has 0 spiro atoms. The smallest absolute Gasteiger partial charge is 0.265 e. The van der Waals surface area contributed by atoms with Crippen LogP contribution in [0.5, 0.6) is 17.2 Å². The Morgan fingerprint density at radius 1 is 0.833 bits per heavy atom. The Kier molecular flexibility index (Phi) is 9.31. The Bertz CT molecular complexity index is 1320. The third-order valence-corrected chi connectivity index (χ3v) is 7.53. The number of benzene rings is 3. The van der Waals surface area contributed by atoms with Crippen molar-refractivity contribution in [1.82, 2.24) is 5.32 Å². The molecule has 0 bridgehead atoms. The van der Waals surface area contributed by atoms with Crippen LogP contribution in [-0.2, 0) is 21.2 Å². The lowest BCUT2D eigenvalue weighted by Gasteiger charge is -2.26. The molecule has 0 heterocycles. The molecule has 0 aliphatic heterocycles. The third kappa shape index (κ3) is 6.54. The predicted molar refractivity (Wildman–Crippen MR) is 140 cm³/mol. The second kappa shape index (κ2) is 12.2. The van der Waals surface area contributed by atoms with Crippen LogP contribution in [0.3, 0.4) is 0 Å². The zero-order valence-electron chi connectivity index (χ0n) is 20.0. The van der Waals surface area contributed by atoms with Gasteiger partial charge in [-0.2, -0.15) is 0 Å². The van der Waals surface area contributed by atoms with Crippen LogP contribution in [0.15, 0.2) is 65.6 Å². The fourth-order valence-electron chi connectivity index (χ4n) is 3.45. The molecule has 0 saturated carbocycles. The molecular formula is C25H26Cl2N2O6S. The molecule has 11 heteroatoms. The average molecular weight is 553 g/mol. The quantitative estimate of drug-likeness (QED) is 0.374. The van der Waals surface area contributed by atoms with E-state index in [0.29, 0.717) is 23.7 Å². The number of carbonyl (C=O) groups is 1. The third-order valence-electron chi connectivity index (χ3n) is 5.29. The fourth-order valence-corrected chi connectivity index (χ4v) is 5.18. The summed E-state index contributed by atoms with van der Waals surface area (Å²) in [5.41, 5.74) is 1.10. The number of halogens is 2. The molecule has 1 N–H and O–H groups in total. The molecule has 192 valence electrons. The van der Waals surface area contributed by atoms with Crippen molar-refractivity contribution < 1.29 is 27.4 Å². The van der Waals surface area contributed by atoms with Crippen LogP contribution in [0, 0.1) is 0 Å². The van der Waals surface area contributed by atoms with Gasteiger partial charge >= 0.3 is 0 Å². The van der Waals surface area contributed by atoms with Crippen molar-refractivity contribution in [2.45, 2.75) is 11.3 Å². The molecule has 0 radical (unpaired) electrons. The van der Waals surface area contributed by atoms with E-state index in [1.54, 1.807) is 18.2 Å². The summed E-state index contributed by atoms with van der Waals surface area (Å²) in [6.07, 6.45) is 0.547. The molecule has 8 nitrogen and oxygen atoms in total. The van der Waals surface area contributed by atoms with E-state index in [0.717, 1.165) is 9.87 Å². The first-order valence-corrected chi connectivity index (χ1v) is 13.0. The topological polar surface area (TPSA) is 94.2 Å². The van der Waals surface area contributed by atoms with Gasteiger partial charge in [-0.25, -0.2) is 8.42 Å². The monoisotopic (exact) mass is 552 g/mol. The Balaban J connectivity index is 1.92. The summed E-state index contributed by atoms with van der Waals surface area (Å²) in [6.45, 7) is -0.203. The maximum Gasteiger partial charge on any atom is 0.265 e. The van der Waals surface area contributed by atoms with Gasteiger partial charge in [-0.3, -0.25) is 9.10 Å². The SMILES string of the molecule is COc1ccc(S(=O)(=O)N(CC(=O)NCCc2ccc(Cl)cc2)c2cc(Cl)ccc2OC)cc1OC. The number of amides is 1. The van der Waals surface area contributed by atoms with Gasteiger partial charge < -0.3 is 19.5 Å². The Morgan fingerprint density at radius 3 is 2.08 bits per heavy atom. The van der Waals surface area contributed by atoms with E-state index in [2.05, 4.69) is 5.32 Å². The van der Waals surface area contributed by atoms with E-state index in [1.807, 2.05) is 12.1 Å². The first-order valence-electron chi connectivity index (χ1n) is 10.8. The normalized spacial score (nSPS) is 11.0. The van der Waals surface area contributed by atoms with E-state index < -0.39 is 22.5 Å². The van der Waals surface area contributed by atoms with Crippen LogP contribution < -0.4 is 23.8 Å². The standard InChI is InChI=1S/C25H26Cl2N2O6S/c1-33-22-10-8-19(27)14-21(22)29(16-25(30)28-13-12-17-4-6-18(26)7-5-17)36(31,32)20-9-11-23(34-2)24(15-20)35-3/h4-11,14-15H,12-13,16H2,1-3H3,(H,28,30). The zero-order valence-corrected chi connectivity index (χ0v) is 22.3. The van der Waals surface area contributed by atoms with Crippen molar-refractivity contribution in [2.24, 2.45) is 0 Å². The van der Waals surface area contributed by atoms with Crippen molar-refractivity contribution in [3.8, 4) is 17.2 Å². The molecule has 0 aromatic heterocycles. The minimum Gasteiger partial charge on any atom is -0.495 e. The van der Waals surface area contributed by atoms with E-state index in [9.17, 15) is 13.2 Å². The maximum atomic E-state index is 13.8. The van der Waals surface area contributed by atoms with Crippen molar-refractivity contribution in [1.29, 1.82) is 0 Å². The molecule has 0 fully saturated rings. The molecule has 0 aliphatic carbocycles. The molecule has 3 aromatic rings. The van der Waals surface area contributed by atoms with Gasteiger partial charge in [0, 0.05) is 22.7 Å². The van der Waals surface area contributed by atoms with Gasteiger partial charge in [-0.05, 0) is 54.4 Å². The fraction of sp³-hybridized carbons (Fsp3) is 0.240. The summed E-state index contributed by atoms with van der Waals surface area (Å²) in [6, 6.07) is 16.0. The number of nitrogens with zero attached hydrogens (tertiary/aromatic N) is 1. The lowest BCUT2D eigenvalue weighted by molar-refractivity contribution is -0.119. The molecule has 0 aliphatic rings. The zero-order chi connectivity index (χ0) is 26.3. The Morgan fingerprint density at radius 2 is 1.44 bits per heavy atom. The highest BCUT2D eigenvalue weighted by Crippen LogP contribution is 2.36. The number of carbonyl (C=O) groups excluding carboxylic acids is 1. The molecule has 0 saturated heterocycles. The van der Waals surface area contributed by atoms with Gasteiger partial charge in [-0.1, -0.05) is 35.3 Å². The van der Waals surface area contributed by atoms with Crippen molar-refractivity contribution >= 4 is 44.8 Å². The summed E-state index contributed by atoms with van der Waals surface area (Å²) >= 11 is 12.1. The summed E-state index contributed by atoms with van der Waals surface area (Å²) in [4.78, 5) is 12.8. The van der Waals surface area contributed by atoms with Crippen molar-refractivity contribution in [2.75, 3.05) is 38.7 Å². The number of sulfonamides is 1. The molecular weight excluding hydrogens is 527 g/mol. The Labute approximate surface area is 220 Å². The van der Waals surface area contributed by atoms with E-state index in [4.69, 9.17) is 37.4 Å². The minimum atomic E-state index is -4.25. The van der Waals surface area contributed by atoms with Crippen LogP contribution in [0.2, 0.25) is 10.0 Å². The van der Waals surface area contributed by atoms with Gasteiger partial charge in [0.2, 0.25) is 5.91 Å². The number of rotatable bonds is 11. The number of nitrogens with one attached hydrogen (secondary N) is 1. The molecule has 1 amide bonds. The summed E-state index contributed by atoms with van der Waals surface area (Å²) in [5.74, 6) is 0.319. The number of anilines is 1. The largest absolute Gasteiger partial charge is 0.495 e. The van der Waals surface area contributed by atoms with Gasteiger partial charge in [-0.15, -0.1) is 0 Å². The highest BCUT2D eigenvalue weighted by atomic mass is 35.5. The van der Waals surface area contributed by atoms with Gasteiger partial charge in [0.25, 0.3) is 10.0 Å². The summed E-state index contributed by atoms with van der Waals surface area (Å²) in [5, 5.41) is 3.66. The van der Waals surface area contributed by atoms with Crippen LogP contribution in [0.1, 0.15) is 5.56 Å². The minimum absolute atomic E-state index is 0.101. The van der Waals surface area contributed by atoms with E-state index in [-0.39, 0.29) is 27.1 Å². The lowest BCUT2D eigenvalue weighted by atomic mass is 10.1. The first-order chi connectivity index (χ1) is 17.2. The van der Waals surface area contributed by atoms with Crippen molar-refractivity contribution in [3.05, 3.63) is 76.3 Å². The van der Waals surface area contributed by atoms with Crippen LogP contribution in [0.25, 0.3) is 0 Å². The highest BCUT2D eigenvalue weighted by molar-refractivity contribution is 7.92. The van der Waals surface area contributed by atoms with E-state index >= 15 is 0 Å². The van der Waals surface area contributed by atoms with Crippen LogP contribution in [0.4, 0.5) is 5.69 Å². The van der Waals surface area contributed by atoms with E-state index in [1.165, 1.54) is 51.7 Å². The molecule has 3 rings (SSSR count).